The second kappa shape index (κ2) is 6.75. The summed E-state index contributed by atoms with van der Waals surface area (Å²) in [5.41, 5.74) is 8.16. The van der Waals surface area contributed by atoms with Crippen molar-refractivity contribution in [3.63, 3.8) is 0 Å². The van der Waals surface area contributed by atoms with E-state index in [4.69, 9.17) is 5.73 Å². The molecular weight excluding hydrogens is 276 g/mol. The van der Waals surface area contributed by atoms with Crippen LogP contribution in [0.4, 0.5) is 0 Å². The molecule has 1 fully saturated rings. The minimum atomic E-state index is 0.0854. The van der Waals surface area contributed by atoms with E-state index in [2.05, 4.69) is 22.5 Å². The zero-order chi connectivity index (χ0) is 15.4. The first kappa shape index (κ1) is 14.8. The summed E-state index contributed by atoms with van der Waals surface area (Å²) in [6.07, 6.45) is 6.39. The molecule has 1 amide bonds. The fraction of sp³-hybridized carbons (Fsp3) is 0.412. The highest BCUT2D eigenvalue weighted by Crippen LogP contribution is 2.24. The zero-order valence-electron chi connectivity index (χ0n) is 12.6. The first-order chi connectivity index (χ1) is 10.7. The van der Waals surface area contributed by atoms with Gasteiger partial charge in [0.05, 0.1) is 6.54 Å². The Labute approximate surface area is 130 Å². The number of amides is 1. The molecule has 0 bridgehead atoms. The first-order valence-electron chi connectivity index (χ1n) is 7.79. The molecule has 1 aliphatic carbocycles. The Kier molecular flexibility index (Phi) is 4.53. The molecule has 1 aromatic heterocycles. The highest BCUT2D eigenvalue weighted by molar-refractivity contribution is 5.79. The Morgan fingerprint density at radius 3 is 2.91 bits per heavy atom. The Balaban J connectivity index is 1.55. The lowest BCUT2D eigenvalue weighted by atomic mass is 10.1. The molecule has 2 unspecified atom stereocenters. The normalized spacial score (nSPS) is 21.0. The van der Waals surface area contributed by atoms with Crippen LogP contribution in [-0.2, 0) is 17.9 Å². The predicted octanol–water partition coefficient (Wildman–Crippen LogP) is 1.67. The number of carbonyl (C=O) groups excluding carboxylic acids is 1. The molecule has 1 aliphatic rings. The number of carbonyl (C=O) groups is 1. The second-order valence-corrected chi connectivity index (χ2v) is 6.01. The minimum Gasteiger partial charge on any atom is -0.352 e. The molecule has 0 saturated heterocycles. The number of nitrogens with one attached hydrogen (secondary N) is 1. The topological polar surface area (TPSA) is 72.9 Å². The van der Waals surface area contributed by atoms with E-state index in [0.29, 0.717) is 6.54 Å². The van der Waals surface area contributed by atoms with Crippen LogP contribution in [0.3, 0.4) is 0 Å². The summed E-state index contributed by atoms with van der Waals surface area (Å²) < 4.78 is 1.89. The summed E-state index contributed by atoms with van der Waals surface area (Å²) >= 11 is 0. The molecule has 2 atom stereocenters. The van der Waals surface area contributed by atoms with Gasteiger partial charge in [-0.3, -0.25) is 9.48 Å². The zero-order valence-corrected chi connectivity index (χ0v) is 12.6. The van der Waals surface area contributed by atoms with Gasteiger partial charge in [-0.1, -0.05) is 24.3 Å². The van der Waals surface area contributed by atoms with Gasteiger partial charge in [-0.2, -0.15) is 5.10 Å². The number of hydrogen-bond acceptors (Lipinski definition) is 3. The number of nitrogens with two attached hydrogens (primary N) is 1. The van der Waals surface area contributed by atoms with Crippen molar-refractivity contribution in [2.75, 3.05) is 0 Å². The van der Waals surface area contributed by atoms with Crippen LogP contribution in [0, 0.1) is 5.92 Å². The molecule has 3 N–H and O–H groups in total. The molecule has 5 nitrogen and oxygen atoms in total. The summed E-state index contributed by atoms with van der Waals surface area (Å²) in [7, 11) is 0. The van der Waals surface area contributed by atoms with Crippen molar-refractivity contribution in [1.29, 1.82) is 0 Å². The quantitative estimate of drug-likeness (QED) is 0.882. The Morgan fingerprint density at radius 2 is 2.18 bits per heavy atom. The Bertz CT molecular complexity index is 623. The smallest absolute Gasteiger partial charge is 0.223 e. The van der Waals surface area contributed by atoms with Crippen LogP contribution in [0.15, 0.2) is 42.7 Å². The third-order valence-corrected chi connectivity index (χ3v) is 4.21. The lowest BCUT2D eigenvalue weighted by Crippen LogP contribution is -2.30. The molecular formula is C17H22N4O. The molecule has 0 aliphatic heterocycles. The lowest BCUT2D eigenvalue weighted by molar-refractivity contribution is -0.125. The van der Waals surface area contributed by atoms with Crippen molar-refractivity contribution >= 4 is 5.91 Å². The Morgan fingerprint density at radius 1 is 1.32 bits per heavy atom. The maximum absolute atomic E-state index is 12.1. The van der Waals surface area contributed by atoms with E-state index in [9.17, 15) is 4.79 Å². The van der Waals surface area contributed by atoms with Gasteiger partial charge in [-0.05, 0) is 36.5 Å². The van der Waals surface area contributed by atoms with Crippen molar-refractivity contribution in [3.05, 3.63) is 53.9 Å². The lowest BCUT2D eigenvalue weighted by Gasteiger charge is -2.11. The average Bonchev–Trinajstić information content (AvgIpc) is 3.17. The molecule has 1 aromatic carbocycles. The minimum absolute atomic E-state index is 0.0854. The number of hydrogen-bond donors (Lipinski definition) is 2. The fourth-order valence-corrected chi connectivity index (χ4v) is 3.01. The number of aromatic nitrogens is 2. The monoisotopic (exact) mass is 298 g/mol. The van der Waals surface area contributed by atoms with E-state index < -0.39 is 0 Å². The van der Waals surface area contributed by atoms with E-state index in [-0.39, 0.29) is 17.9 Å². The average molecular weight is 298 g/mol. The van der Waals surface area contributed by atoms with Crippen molar-refractivity contribution in [1.82, 2.24) is 15.1 Å². The number of nitrogens with zero attached hydrogens (tertiary/aromatic N) is 2. The molecule has 5 heteroatoms. The van der Waals surface area contributed by atoms with E-state index >= 15 is 0 Å². The van der Waals surface area contributed by atoms with E-state index in [1.165, 1.54) is 5.56 Å². The predicted molar refractivity (Wildman–Crippen MR) is 84.9 cm³/mol. The molecule has 0 spiro atoms. The van der Waals surface area contributed by atoms with Gasteiger partial charge < -0.3 is 11.1 Å². The molecule has 3 rings (SSSR count). The molecule has 2 aromatic rings. The van der Waals surface area contributed by atoms with Crippen molar-refractivity contribution in [2.45, 2.75) is 38.4 Å². The maximum Gasteiger partial charge on any atom is 0.223 e. The van der Waals surface area contributed by atoms with Crippen LogP contribution in [0.1, 0.15) is 30.4 Å². The molecule has 22 heavy (non-hydrogen) atoms. The molecule has 116 valence electrons. The van der Waals surface area contributed by atoms with E-state index in [1.54, 1.807) is 6.20 Å². The summed E-state index contributed by atoms with van der Waals surface area (Å²) in [6.45, 7) is 1.31. The standard InChI is InChI=1S/C17H22N4O/c18-16-6-5-15(10-16)17(22)19-11-13-3-1-4-14(9-13)12-21-8-2-7-20-21/h1-4,7-9,15-16H,5-6,10-12,18H2,(H,19,22). The maximum atomic E-state index is 12.1. The fourth-order valence-electron chi connectivity index (χ4n) is 3.01. The van der Waals surface area contributed by atoms with Crippen LogP contribution in [0.25, 0.3) is 0 Å². The molecule has 1 saturated carbocycles. The molecule has 1 heterocycles. The van der Waals surface area contributed by atoms with E-state index in [1.807, 2.05) is 29.1 Å². The van der Waals surface area contributed by atoms with Crippen LogP contribution in [-0.4, -0.2) is 21.7 Å². The SMILES string of the molecule is NC1CCC(C(=O)NCc2cccc(Cn3cccn3)c2)C1. The van der Waals surface area contributed by atoms with Crippen LogP contribution < -0.4 is 11.1 Å². The third-order valence-electron chi connectivity index (χ3n) is 4.21. The van der Waals surface area contributed by atoms with Crippen molar-refractivity contribution in [3.8, 4) is 0 Å². The first-order valence-corrected chi connectivity index (χ1v) is 7.79. The van der Waals surface area contributed by atoms with Gasteiger partial charge in [0.1, 0.15) is 0 Å². The summed E-state index contributed by atoms with van der Waals surface area (Å²) in [4.78, 5) is 12.1. The van der Waals surface area contributed by atoms with Gasteiger partial charge in [0.15, 0.2) is 0 Å². The highest BCUT2D eigenvalue weighted by atomic mass is 16.1. The largest absolute Gasteiger partial charge is 0.352 e. The van der Waals surface area contributed by atoms with Gasteiger partial charge >= 0.3 is 0 Å². The van der Waals surface area contributed by atoms with Gasteiger partial charge in [0.25, 0.3) is 0 Å². The number of benzene rings is 1. The summed E-state index contributed by atoms with van der Waals surface area (Å²) in [5.74, 6) is 0.215. The van der Waals surface area contributed by atoms with Gasteiger partial charge in [0, 0.05) is 30.9 Å². The number of rotatable bonds is 5. The highest BCUT2D eigenvalue weighted by Gasteiger charge is 2.27. The van der Waals surface area contributed by atoms with Crippen LogP contribution >= 0.6 is 0 Å². The van der Waals surface area contributed by atoms with Gasteiger partial charge in [-0.15, -0.1) is 0 Å². The molecule has 0 radical (unpaired) electrons. The Hall–Kier alpha value is -2.14. The van der Waals surface area contributed by atoms with E-state index in [0.717, 1.165) is 31.4 Å². The van der Waals surface area contributed by atoms with Crippen molar-refractivity contribution in [2.24, 2.45) is 11.7 Å². The van der Waals surface area contributed by atoms with Gasteiger partial charge in [0.2, 0.25) is 5.91 Å². The summed E-state index contributed by atoms with van der Waals surface area (Å²) in [5, 5.41) is 7.24. The van der Waals surface area contributed by atoms with Gasteiger partial charge in [-0.25, -0.2) is 0 Å². The van der Waals surface area contributed by atoms with Crippen LogP contribution in [0.5, 0.6) is 0 Å². The van der Waals surface area contributed by atoms with Crippen LogP contribution in [0.2, 0.25) is 0 Å². The third kappa shape index (κ3) is 3.74. The van der Waals surface area contributed by atoms with Crippen molar-refractivity contribution < 1.29 is 4.79 Å². The summed E-state index contributed by atoms with van der Waals surface area (Å²) in [6, 6.07) is 10.3. The second-order valence-electron chi connectivity index (χ2n) is 6.01.